The lowest BCUT2D eigenvalue weighted by molar-refractivity contribution is 1.40. The highest BCUT2D eigenvalue weighted by molar-refractivity contribution is 6.30. The number of nitrogens with zero attached hydrogens (tertiary/aromatic N) is 1. The highest BCUT2D eigenvalue weighted by atomic mass is 35.5. The average molecular weight is 266 g/mol. The van der Waals surface area contributed by atoms with E-state index in [4.69, 9.17) is 11.6 Å². The van der Waals surface area contributed by atoms with Crippen LogP contribution in [0.15, 0.2) is 60.7 Å². The smallest absolute Gasteiger partial charge is 0.130 e. The minimum atomic E-state index is 0.520. The first-order chi connectivity index (χ1) is 9.33. The highest BCUT2D eigenvalue weighted by Crippen LogP contribution is 2.22. The molecule has 2 heteroatoms. The van der Waals surface area contributed by atoms with Gasteiger partial charge < -0.3 is 0 Å². The van der Waals surface area contributed by atoms with Gasteiger partial charge in [0.15, 0.2) is 0 Å². The highest BCUT2D eigenvalue weighted by Gasteiger charge is 2.01. The topological polar surface area (TPSA) is 12.9 Å². The van der Waals surface area contributed by atoms with E-state index in [1.54, 1.807) is 0 Å². The van der Waals surface area contributed by atoms with Crippen LogP contribution in [0.4, 0.5) is 0 Å². The number of hydrogen-bond acceptors (Lipinski definition) is 1. The van der Waals surface area contributed by atoms with E-state index >= 15 is 0 Å². The van der Waals surface area contributed by atoms with Gasteiger partial charge in [-0.05, 0) is 23.3 Å². The van der Waals surface area contributed by atoms with Gasteiger partial charge >= 0.3 is 0 Å². The molecule has 0 atom stereocenters. The molecule has 1 heterocycles. The van der Waals surface area contributed by atoms with E-state index in [9.17, 15) is 0 Å². The lowest BCUT2D eigenvalue weighted by Gasteiger charge is -2.02. The number of rotatable bonds is 2. The lowest BCUT2D eigenvalue weighted by Crippen LogP contribution is -1.83. The van der Waals surface area contributed by atoms with Crippen LogP contribution in [0.5, 0.6) is 0 Å². The molecule has 0 aliphatic carbocycles. The van der Waals surface area contributed by atoms with Gasteiger partial charge in [0.25, 0.3) is 0 Å². The molecule has 0 amide bonds. The maximum Gasteiger partial charge on any atom is 0.130 e. The summed E-state index contributed by atoms with van der Waals surface area (Å²) < 4.78 is 0. The summed E-state index contributed by atoms with van der Waals surface area (Å²) in [6, 6.07) is 20.1. The van der Waals surface area contributed by atoms with E-state index in [0.29, 0.717) is 5.15 Å². The number of hydrogen-bond donors (Lipinski definition) is 0. The standard InChI is InChI=1S/C17H12ClN/c18-17-12-14(11-10-13-6-2-1-3-7-13)15-8-4-5-9-16(15)19-17/h1-12H. The molecule has 0 bridgehead atoms. The van der Waals surface area contributed by atoms with Gasteiger partial charge in [0.2, 0.25) is 0 Å². The van der Waals surface area contributed by atoms with Crippen LogP contribution in [0.3, 0.4) is 0 Å². The zero-order chi connectivity index (χ0) is 13.1. The zero-order valence-electron chi connectivity index (χ0n) is 10.3. The quantitative estimate of drug-likeness (QED) is 0.590. The zero-order valence-corrected chi connectivity index (χ0v) is 11.0. The molecule has 0 saturated carbocycles. The lowest BCUT2D eigenvalue weighted by atomic mass is 10.1. The molecular formula is C17H12ClN. The average Bonchev–Trinajstić information content (AvgIpc) is 2.45. The molecule has 0 fully saturated rings. The fraction of sp³-hybridized carbons (Fsp3) is 0. The molecule has 0 N–H and O–H groups in total. The van der Waals surface area contributed by atoms with Gasteiger partial charge in [-0.2, -0.15) is 0 Å². The number of benzene rings is 2. The summed E-state index contributed by atoms with van der Waals surface area (Å²) in [4.78, 5) is 4.32. The Morgan fingerprint density at radius 2 is 1.58 bits per heavy atom. The first-order valence-corrected chi connectivity index (χ1v) is 6.49. The van der Waals surface area contributed by atoms with E-state index in [0.717, 1.165) is 16.5 Å². The van der Waals surface area contributed by atoms with E-state index in [1.165, 1.54) is 5.56 Å². The van der Waals surface area contributed by atoms with Crippen LogP contribution in [0.25, 0.3) is 23.1 Å². The molecule has 0 aliphatic heterocycles. The van der Waals surface area contributed by atoms with Crippen LogP contribution in [-0.4, -0.2) is 4.98 Å². The Balaban J connectivity index is 2.08. The molecule has 0 aliphatic rings. The maximum atomic E-state index is 6.06. The van der Waals surface area contributed by atoms with Crippen molar-refractivity contribution in [3.8, 4) is 0 Å². The summed E-state index contributed by atoms with van der Waals surface area (Å²) in [5.74, 6) is 0. The second kappa shape index (κ2) is 5.25. The summed E-state index contributed by atoms with van der Waals surface area (Å²) in [5, 5.41) is 1.63. The van der Waals surface area contributed by atoms with Crippen LogP contribution in [0, 0.1) is 0 Å². The normalized spacial score (nSPS) is 11.2. The molecule has 0 radical (unpaired) electrons. The minimum absolute atomic E-state index is 0.520. The van der Waals surface area contributed by atoms with Gasteiger partial charge in [-0.1, -0.05) is 72.3 Å². The molecule has 1 aromatic heterocycles. The fourth-order valence-electron chi connectivity index (χ4n) is 2.06. The summed E-state index contributed by atoms with van der Waals surface area (Å²) in [6.45, 7) is 0. The number of fused-ring (bicyclic) bond motifs is 1. The van der Waals surface area contributed by atoms with E-state index < -0.39 is 0 Å². The van der Waals surface area contributed by atoms with Crippen molar-refractivity contribution >= 4 is 34.7 Å². The summed E-state index contributed by atoms with van der Waals surface area (Å²) in [5.41, 5.74) is 3.17. The molecular weight excluding hydrogens is 254 g/mol. The van der Waals surface area contributed by atoms with Crippen molar-refractivity contribution in [3.63, 3.8) is 0 Å². The Bertz CT molecular complexity index is 733. The predicted octanol–water partition coefficient (Wildman–Crippen LogP) is 5.06. The van der Waals surface area contributed by atoms with E-state index in [-0.39, 0.29) is 0 Å². The number of aromatic nitrogens is 1. The third kappa shape index (κ3) is 2.67. The van der Waals surface area contributed by atoms with E-state index in [1.807, 2.05) is 42.5 Å². The largest absolute Gasteiger partial charge is 0.236 e. The molecule has 0 saturated heterocycles. The van der Waals surface area contributed by atoms with Crippen molar-refractivity contribution in [1.82, 2.24) is 4.98 Å². The van der Waals surface area contributed by atoms with Crippen LogP contribution in [-0.2, 0) is 0 Å². The Morgan fingerprint density at radius 1 is 0.842 bits per heavy atom. The maximum absolute atomic E-state index is 6.06. The van der Waals surface area contributed by atoms with Crippen LogP contribution < -0.4 is 0 Å². The summed E-state index contributed by atoms with van der Waals surface area (Å²) in [6.07, 6.45) is 4.16. The molecule has 3 rings (SSSR count). The van der Waals surface area contributed by atoms with Gasteiger partial charge in [-0.15, -0.1) is 0 Å². The Labute approximate surface area is 117 Å². The van der Waals surface area contributed by atoms with Crippen LogP contribution in [0.2, 0.25) is 5.15 Å². The minimum Gasteiger partial charge on any atom is -0.236 e. The molecule has 19 heavy (non-hydrogen) atoms. The van der Waals surface area contributed by atoms with Gasteiger partial charge in [0, 0.05) is 5.39 Å². The molecule has 3 aromatic rings. The monoisotopic (exact) mass is 265 g/mol. The molecule has 0 spiro atoms. The van der Waals surface area contributed by atoms with Gasteiger partial charge in [0.1, 0.15) is 5.15 Å². The third-order valence-electron chi connectivity index (χ3n) is 2.97. The Hall–Kier alpha value is -2.12. The van der Waals surface area contributed by atoms with E-state index in [2.05, 4.69) is 35.3 Å². The fourth-order valence-corrected chi connectivity index (χ4v) is 2.27. The second-order valence-electron chi connectivity index (χ2n) is 4.30. The van der Waals surface area contributed by atoms with Crippen molar-refractivity contribution in [2.24, 2.45) is 0 Å². The number of para-hydroxylation sites is 1. The van der Waals surface area contributed by atoms with Crippen LogP contribution in [0.1, 0.15) is 11.1 Å². The number of halogens is 1. The van der Waals surface area contributed by atoms with Crippen LogP contribution >= 0.6 is 11.6 Å². The number of pyridine rings is 1. The third-order valence-corrected chi connectivity index (χ3v) is 3.17. The predicted molar refractivity (Wildman–Crippen MR) is 82.1 cm³/mol. The Morgan fingerprint density at radius 3 is 2.42 bits per heavy atom. The van der Waals surface area contributed by atoms with Crippen molar-refractivity contribution in [2.45, 2.75) is 0 Å². The van der Waals surface area contributed by atoms with Crippen molar-refractivity contribution < 1.29 is 0 Å². The molecule has 1 nitrogen and oxygen atoms in total. The van der Waals surface area contributed by atoms with Crippen molar-refractivity contribution in [1.29, 1.82) is 0 Å². The first kappa shape index (κ1) is 11.9. The molecule has 2 aromatic carbocycles. The van der Waals surface area contributed by atoms with Crippen molar-refractivity contribution in [2.75, 3.05) is 0 Å². The molecule has 0 unspecified atom stereocenters. The Kier molecular flexibility index (Phi) is 3.30. The van der Waals surface area contributed by atoms with Crippen molar-refractivity contribution in [3.05, 3.63) is 76.9 Å². The summed E-state index contributed by atoms with van der Waals surface area (Å²) in [7, 11) is 0. The van der Waals surface area contributed by atoms with Gasteiger partial charge in [-0.25, -0.2) is 4.98 Å². The SMILES string of the molecule is Clc1cc(C=Cc2ccccc2)c2ccccc2n1. The first-order valence-electron chi connectivity index (χ1n) is 6.11. The van der Waals surface area contributed by atoms with Gasteiger partial charge in [-0.3, -0.25) is 0 Å². The second-order valence-corrected chi connectivity index (χ2v) is 4.68. The van der Waals surface area contributed by atoms with Gasteiger partial charge in [0.05, 0.1) is 5.52 Å². The summed E-state index contributed by atoms with van der Waals surface area (Å²) >= 11 is 6.06. The molecule has 92 valence electrons.